The predicted octanol–water partition coefficient (Wildman–Crippen LogP) is 11.7. The van der Waals surface area contributed by atoms with Crippen LogP contribution < -0.4 is 0 Å². The first-order chi connectivity index (χ1) is 20.8. The summed E-state index contributed by atoms with van der Waals surface area (Å²) in [6.45, 7) is 14.6. The summed E-state index contributed by atoms with van der Waals surface area (Å²) in [5.41, 5.74) is 3.44. The molecule has 1 aromatic rings. The molecule has 5 rings (SSSR count). The summed E-state index contributed by atoms with van der Waals surface area (Å²) in [7, 11) is 0. The van der Waals surface area contributed by atoms with Crippen LogP contribution in [-0.2, 0) is 16.0 Å². The Balaban J connectivity index is 1.23. The standard InChI is InChI=1S/C38H55I3O3/c1-7-24(19-28-32(39)21-33(40)35(42)34(28)41)36(43)44-26-15-17-37(5)25(20-26)11-12-27-30-14-13-29(23(4)10-8-9-22(2)3)38(30,6)18-16-31(27)37/h11,21-24,26-27,29-31,42H,7-10,12-20H2,1-6H3/t23-,24?,26+,27+,29-,30+,31+,37+,38-/m1/s1. The monoisotopic (exact) mass is 940 g/mol. The van der Waals surface area contributed by atoms with Crippen molar-refractivity contribution in [1.29, 1.82) is 0 Å². The second kappa shape index (κ2) is 14.5. The summed E-state index contributed by atoms with van der Waals surface area (Å²) in [4.78, 5) is 13.5. The molecule has 0 amide bonds. The molecule has 0 spiro atoms. The number of carbonyl (C=O) groups excluding carboxylic acids is 1. The summed E-state index contributed by atoms with van der Waals surface area (Å²) in [6.07, 6.45) is 18.1. The van der Waals surface area contributed by atoms with E-state index in [-0.39, 0.29) is 23.4 Å². The Kier molecular flexibility index (Phi) is 11.8. The van der Waals surface area contributed by atoms with Crippen molar-refractivity contribution in [2.24, 2.45) is 52.3 Å². The lowest BCUT2D eigenvalue weighted by Gasteiger charge is -2.58. The Morgan fingerprint density at radius 3 is 2.48 bits per heavy atom. The molecule has 0 radical (unpaired) electrons. The van der Waals surface area contributed by atoms with E-state index in [1.807, 2.05) is 6.07 Å². The largest absolute Gasteiger partial charge is 0.506 e. The van der Waals surface area contributed by atoms with Gasteiger partial charge in [-0.1, -0.05) is 72.5 Å². The molecule has 0 saturated heterocycles. The highest BCUT2D eigenvalue weighted by atomic mass is 127. The number of benzene rings is 1. The van der Waals surface area contributed by atoms with E-state index >= 15 is 0 Å². The van der Waals surface area contributed by atoms with Crippen LogP contribution >= 0.6 is 67.8 Å². The van der Waals surface area contributed by atoms with E-state index in [1.54, 1.807) is 5.57 Å². The van der Waals surface area contributed by atoms with Gasteiger partial charge in [-0.15, -0.1) is 0 Å². The summed E-state index contributed by atoms with van der Waals surface area (Å²) in [5.74, 6) is 5.14. The molecule has 9 atom stereocenters. The van der Waals surface area contributed by atoms with Gasteiger partial charge in [0.05, 0.1) is 13.1 Å². The zero-order valence-corrected chi connectivity index (χ0v) is 34.3. The molecule has 3 saturated carbocycles. The van der Waals surface area contributed by atoms with Crippen LogP contribution in [0, 0.1) is 63.0 Å². The van der Waals surface area contributed by atoms with E-state index < -0.39 is 0 Å². The van der Waals surface area contributed by atoms with Gasteiger partial charge in [0.1, 0.15) is 11.9 Å². The number of halogens is 3. The highest BCUT2D eigenvalue weighted by molar-refractivity contribution is 14.1. The zero-order valence-electron chi connectivity index (χ0n) is 27.9. The molecular weight excluding hydrogens is 885 g/mol. The molecule has 4 aliphatic carbocycles. The molecule has 0 aliphatic heterocycles. The number of rotatable bonds is 10. The molecule has 3 fully saturated rings. The van der Waals surface area contributed by atoms with Gasteiger partial charge in [-0.25, -0.2) is 0 Å². The lowest BCUT2D eigenvalue weighted by molar-refractivity contribution is -0.156. The van der Waals surface area contributed by atoms with Gasteiger partial charge >= 0.3 is 5.97 Å². The van der Waals surface area contributed by atoms with E-state index in [0.29, 0.717) is 17.6 Å². The quantitative estimate of drug-likeness (QED) is 0.144. The molecule has 0 aromatic heterocycles. The topological polar surface area (TPSA) is 46.5 Å². The van der Waals surface area contributed by atoms with Crippen LogP contribution in [-0.4, -0.2) is 17.2 Å². The van der Waals surface area contributed by atoms with Gasteiger partial charge in [0.25, 0.3) is 0 Å². The number of hydrogen-bond acceptors (Lipinski definition) is 3. The number of fused-ring (bicyclic) bond motifs is 5. The Morgan fingerprint density at radius 1 is 1.02 bits per heavy atom. The van der Waals surface area contributed by atoms with Gasteiger partial charge in [-0.05, 0) is 184 Å². The minimum Gasteiger partial charge on any atom is -0.506 e. The van der Waals surface area contributed by atoms with E-state index in [2.05, 4.69) is 115 Å². The molecule has 0 bridgehead atoms. The van der Waals surface area contributed by atoms with Crippen molar-refractivity contribution in [2.45, 2.75) is 131 Å². The third kappa shape index (κ3) is 6.94. The number of allylic oxidation sites excluding steroid dienone is 1. The smallest absolute Gasteiger partial charge is 0.309 e. The Morgan fingerprint density at radius 2 is 1.77 bits per heavy atom. The van der Waals surface area contributed by atoms with Crippen LogP contribution in [0.3, 0.4) is 0 Å². The van der Waals surface area contributed by atoms with Crippen molar-refractivity contribution in [2.75, 3.05) is 0 Å². The molecule has 1 N–H and O–H groups in total. The van der Waals surface area contributed by atoms with Gasteiger partial charge < -0.3 is 9.84 Å². The highest BCUT2D eigenvalue weighted by Gasteiger charge is 2.59. The zero-order chi connectivity index (χ0) is 32.0. The van der Waals surface area contributed by atoms with Crippen LogP contribution in [0.5, 0.6) is 5.75 Å². The number of ether oxygens (including phenoxy) is 1. The first-order valence-electron chi connectivity index (χ1n) is 17.5. The highest BCUT2D eigenvalue weighted by Crippen LogP contribution is 2.67. The normalized spacial score (nSPS) is 34.5. The van der Waals surface area contributed by atoms with E-state index in [4.69, 9.17) is 4.74 Å². The molecule has 0 heterocycles. The molecule has 44 heavy (non-hydrogen) atoms. The molecule has 246 valence electrons. The third-order valence-corrected chi connectivity index (χ3v) is 16.0. The Hall–Kier alpha value is 0.420. The Labute approximate surface area is 308 Å². The Bertz CT molecular complexity index is 1240. The van der Waals surface area contributed by atoms with Gasteiger partial charge in [0.2, 0.25) is 0 Å². The summed E-state index contributed by atoms with van der Waals surface area (Å²) < 4.78 is 9.12. The summed E-state index contributed by atoms with van der Waals surface area (Å²) in [5, 5.41) is 10.5. The fraction of sp³-hybridized carbons (Fsp3) is 0.763. The van der Waals surface area contributed by atoms with Crippen LogP contribution in [0.15, 0.2) is 17.7 Å². The minimum atomic E-state index is -0.186. The maximum atomic E-state index is 13.5. The molecule has 1 unspecified atom stereocenters. The SMILES string of the molecule is CCC(Cc1c(I)cc(I)c(O)c1I)C(=O)O[C@H]1CC[C@@]2(C)C(=CC[C@H]3[C@@H]4CC[C@H]([C@H](C)CCCC(C)C)[C@@]4(C)CC[C@@H]32)C1. The minimum absolute atomic E-state index is 0.00732. The average Bonchev–Trinajstić information content (AvgIpc) is 3.33. The average molecular weight is 941 g/mol. The van der Waals surface area contributed by atoms with Crippen molar-refractivity contribution in [3.05, 3.63) is 34.0 Å². The van der Waals surface area contributed by atoms with Crippen molar-refractivity contribution in [1.82, 2.24) is 0 Å². The summed E-state index contributed by atoms with van der Waals surface area (Å²) >= 11 is 6.73. The molecule has 4 aliphatic rings. The van der Waals surface area contributed by atoms with Crippen molar-refractivity contribution >= 4 is 73.7 Å². The maximum absolute atomic E-state index is 13.5. The number of phenols is 1. The summed E-state index contributed by atoms with van der Waals surface area (Å²) in [6, 6.07) is 2.00. The van der Waals surface area contributed by atoms with Gasteiger partial charge in [-0.2, -0.15) is 0 Å². The number of phenolic OH excluding ortho intramolecular Hbond substituents is 1. The van der Waals surface area contributed by atoms with Crippen molar-refractivity contribution in [3.8, 4) is 5.75 Å². The van der Waals surface area contributed by atoms with Crippen molar-refractivity contribution < 1.29 is 14.6 Å². The predicted molar refractivity (Wildman–Crippen MR) is 207 cm³/mol. The van der Waals surface area contributed by atoms with Gasteiger partial charge in [-0.3, -0.25) is 4.79 Å². The second-order valence-electron chi connectivity index (χ2n) is 15.9. The van der Waals surface area contributed by atoms with Crippen LogP contribution in [0.25, 0.3) is 0 Å². The van der Waals surface area contributed by atoms with E-state index in [0.717, 1.165) is 77.5 Å². The fourth-order valence-corrected chi connectivity index (χ4v) is 14.3. The first-order valence-corrected chi connectivity index (χ1v) is 20.8. The molecule has 3 nitrogen and oxygen atoms in total. The molecular formula is C38H55I3O3. The van der Waals surface area contributed by atoms with Crippen LogP contribution in [0.2, 0.25) is 0 Å². The van der Waals surface area contributed by atoms with Gasteiger partial charge in [0.15, 0.2) is 0 Å². The van der Waals surface area contributed by atoms with E-state index in [1.165, 1.54) is 51.4 Å². The molecule has 6 heteroatoms. The van der Waals surface area contributed by atoms with Crippen LogP contribution in [0.1, 0.15) is 124 Å². The first kappa shape index (κ1) is 35.7. The van der Waals surface area contributed by atoms with Gasteiger partial charge in [0, 0.05) is 9.99 Å². The lowest BCUT2D eigenvalue weighted by atomic mass is 9.47. The fourth-order valence-electron chi connectivity index (χ4n) is 10.5. The second-order valence-corrected chi connectivity index (χ2v) is 19.3. The van der Waals surface area contributed by atoms with E-state index in [9.17, 15) is 9.90 Å². The third-order valence-electron chi connectivity index (χ3n) is 13.1. The number of esters is 1. The number of hydrogen-bond donors (Lipinski definition) is 1. The maximum Gasteiger partial charge on any atom is 0.309 e. The number of carbonyl (C=O) groups is 1. The van der Waals surface area contributed by atoms with Crippen LogP contribution in [0.4, 0.5) is 0 Å². The number of aromatic hydroxyl groups is 1. The lowest BCUT2D eigenvalue weighted by Crippen LogP contribution is -2.51. The van der Waals surface area contributed by atoms with Crippen molar-refractivity contribution in [3.63, 3.8) is 0 Å². The molecule has 1 aromatic carbocycles.